The minimum absolute atomic E-state index is 0.152. The van der Waals surface area contributed by atoms with Crippen molar-refractivity contribution in [2.24, 2.45) is 0 Å². The average molecular weight is 467 g/mol. The summed E-state index contributed by atoms with van der Waals surface area (Å²) in [5, 5.41) is 3.19. The zero-order chi connectivity index (χ0) is 17.9. The molecule has 1 aromatic carbocycles. The number of nitrogens with zero attached hydrogens (tertiary/aromatic N) is 4. The van der Waals surface area contributed by atoms with E-state index in [1.165, 1.54) is 0 Å². The van der Waals surface area contributed by atoms with Crippen molar-refractivity contribution in [3.8, 4) is 0 Å². The van der Waals surface area contributed by atoms with Gasteiger partial charge in [-0.05, 0) is 59.5 Å². The van der Waals surface area contributed by atoms with Crippen LogP contribution in [-0.2, 0) is 11.3 Å². The molecule has 1 N–H and O–H groups in total. The fraction of sp³-hybridized carbons (Fsp3) is 0.389. The van der Waals surface area contributed by atoms with Crippen molar-refractivity contribution in [2.45, 2.75) is 38.5 Å². The van der Waals surface area contributed by atoms with Crippen LogP contribution in [0.2, 0.25) is 0 Å². The highest BCUT2D eigenvalue weighted by atomic mass is 127. The number of ether oxygens (including phenoxy) is 1. The van der Waals surface area contributed by atoms with Crippen LogP contribution in [0.5, 0.6) is 0 Å². The van der Waals surface area contributed by atoms with E-state index < -0.39 is 6.08 Å². The summed E-state index contributed by atoms with van der Waals surface area (Å²) in [5.74, 6) is 0.402. The normalized spacial score (nSPS) is 18.0. The molecule has 2 aromatic heterocycles. The Morgan fingerprint density at radius 3 is 3.08 bits per heavy atom. The molecule has 3 aromatic rings. The second-order valence-corrected chi connectivity index (χ2v) is 7.57. The summed E-state index contributed by atoms with van der Waals surface area (Å²) >= 11 is 2.27. The van der Waals surface area contributed by atoms with E-state index in [1.54, 1.807) is 6.33 Å². The van der Waals surface area contributed by atoms with Crippen LogP contribution in [0.15, 0.2) is 30.6 Å². The van der Waals surface area contributed by atoms with Gasteiger partial charge in [0.15, 0.2) is 17.0 Å². The highest BCUT2D eigenvalue weighted by molar-refractivity contribution is 14.1. The van der Waals surface area contributed by atoms with E-state index >= 15 is 0 Å². The Morgan fingerprint density at radius 2 is 2.19 bits per heavy atom. The zero-order valence-electron chi connectivity index (χ0n) is 14.2. The number of anilines is 1. The SMILES string of the molecule is Fc1nc(NCc2cccc(I)c2)c2ncn(C3CCCCCO3)c2n1. The average Bonchev–Trinajstić information content (AvgIpc) is 2.87. The Morgan fingerprint density at radius 1 is 1.27 bits per heavy atom. The molecule has 0 aliphatic carbocycles. The summed E-state index contributed by atoms with van der Waals surface area (Å²) in [7, 11) is 0. The van der Waals surface area contributed by atoms with Gasteiger partial charge in [0.05, 0.1) is 6.33 Å². The van der Waals surface area contributed by atoms with Crippen molar-refractivity contribution in [3.05, 3.63) is 45.8 Å². The molecule has 1 aliphatic rings. The first-order valence-electron chi connectivity index (χ1n) is 8.71. The fourth-order valence-electron chi connectivity index (χ4n) is 3.18. The molecule has 0 amide bonds. The maximum atomic E-state index is 14.0. The predicted octanol–water partition coefficient (Wildman–Crippen LogP) is 4.27. The number of aromatic nitrogens is 4. The lowest BCUT2D eigenvalue weighted by Gasteiger charge is -2.16. The molecular formula is C18H19FIN5O. The topological polar surface area (TPSA) is 64.9 Å². The van der Waals surface area contributed by atoms with E-state index in [-0.39, 0.29) is 6.23 Å². The number of hydrogen-bond acceptors (Lipinski definition) is 5. The smallest absolute Gasteiger partial charge is 0.312 e. The number of benzene rings is 1. The van der Waals surface area contributed by atoms with Crippen LogP contribution in [0.1, 0.15) is 37.5 Å². The first kappa shape index (κ1) is 17.6. The Balaban J connectivity index is 1.63. The molecule has 26 heavy (non-hydrogen) atoms. The summed E-state index contributed by atoms with van der Waals surface area (Å²) < 4.78 is 22.9. The maximum Gasteiger partial charge on any atom is 0.312 e. The van der Waals surface area contributed by atoms with Gasteiger partial charge in [0.1, 0.15) is 6.23 Å². The minimum atomic E-state index is -0.766. The van der Waals surface area contributed by atoms with E-state index in [9.17, 15) is 4.39 Å². The zero-order valence-corrected chi connectivity index (χ0v) is 16.3. The molecule has 1 saturated heterocycles. The third-order valence-corrected chi connectivity index (χ3v) is 5.13. The van der Waals surface area contributed by atoms with E-state index in [1.807, 2.05) is 22.8 Å². The van der Waals surface area contributed by atoms with E-state index in [0.717, 1.165) is 34.8 Å². The van der Waals surface area contributed by atoms with Crippen molar-refractivity contribution in [2.75, 3.05) is 11.9 Å². The summed E-state index contributed by atoms with van der Waals surface area (Å²) in [6.07, 6.45) is 4.91. The number of halogens is 2. The van der Waals surface area contributed by atoms with Crippen molar-refractivity contribution in [3.63, 3.8) is 0 Å². The fourth-order valence-corrected chi connectivity index (χ4v) is 3.78. The Labute approximate surface area is 164 Å². The molecule has 6 nitrogen and oxygen atoms in total. The van der Waals surface area contributed by atoms with Crippen molar-refractivity contribution in [1.29, 1.82) is 0 Å². The van der Waals surface area contributed by atoms with Crippen LogP contribution in [0, 0.1) is 9.65 Å². The lowest BCUT2D eigenvalue weighted by molar-refractivity contribution is 0.00928. The maximum absolute atomic E-state index is 14.0. The summed E-state index contributed by atoms with van der Waals surface area (Å²) in [4.78, 5) is 12.3. The Hall–Kier alpha value is -1.81. The molecule has 1 unspecified atom stereocenters. The quantitative estimate of drug-likeness (QED) is 0.459. The van der Waals surface area contributed by atoms with Gasteiger partial charge in [0.25, 0.3) is 0 Å². The van der Waals surface area contributed by atoms with E-state index in [0.29, 0.717) is 30.1 Å². The van der Waals surface area contributed by atoms with E-state index in [4.69, 9.17) is 4.74 Å². The molecule has 136 valence electrons. The highest BCUT2D eigenvalue weighted by Gasteiger charge is 2.20. The van der Waals surface area contributed by atoms with E-state index in [2.05, 4.69) is 48.9 Å². The van der Waals surface area contributed by atoms with Gasteiger partial charge in [0, 0.05) is 16.7 Å². The lowest BCUT2D eigenvalue weighted by Crippen LogP contribution is -2.12. The molecule has 0 radical (unpaired) electrons. The summed E-state index contributed by atoms with van der Waals surface area (Å²) in [5.41, 5.74) is 2.12. The third kappa shape index (κ3) is 3.80. The molecule has 0 saturated carbocycles. The van der Waals surface area contributed by atoms with Gasteiger partial charge < -0.3 is 10.1 Å². The van der Waals surface area contributed by atoms with Gasteiger partial charge in [-0.15, -0.1) is 0 Å². The van der Waals surface area contributed by atoms with Gasteiger partial charge in [-0.2, -0.15) is 14.4 Å². The highest BCUT2D eigenvalue weighted by Crippen LogP contribution is 2.27. The third-order valence-electron chi connectivity index (χ3n) is 4.46. The number of fused-ring (bicyclic) bond motifs is 1. The Kier molecular flexibility index (Phi) is 5.30. The summed E-state index contributed by atoms with van der Waals surface area (Å²) in [6, 6.07) is 8.11. The first-order chi connectivity index (χ1) is 12.7. The van der Waals surface area contributed by atoms with Crippen molar-refractivity contribution in [1.82, 2.24) is 19.5 Å². The molecule has 1 fully saturated rings. The Bertz CT molecular complexity index is 908. The molecule has 1 aliphatic heterocycles. The molecular weight excluding hydrogens is 448 g/mol. The first-order valence-corrected chi connectivity index (χ1v) is 9.78. The summed E-state index contributed by atoms with van der Waals surface area (Å²) in [6.45, 7) is 1.24. The van der Waals surface area contributed by atoms with Gasteiger partial charge >= 0.3 is 6.08 Å². The number of rotatable bonds is 4. The minimum Gasteiger partial charge on any atom is -0.364 e. The molecule has 8 heteroatoms. The molecule has 1 atom stereocenters. The van der Waals surface area contributed by atoms with Crippen LogP contribution in [0.3, 0.4) is 0 Å². The van der Waals surface area contributed by atoms with Crippen molar-refractivity contribution >= 4 is 39.6 Å². The van der Waals surface area contributed by atoms with Crippen LogP contribution >= 0.6 is 22.6 Å². The second kappa shape index (κ2) is 7.83. The van der Waals surface area contributed by atoms with Gasteiger partial charge in [-0.1, -0.05) is 18.6 Å². The number of nitrogens with one attached hydrogen (secondary N) is 1. The lowest BCUT2D eigenvalue weighted by atomic mass is 10.2. The number of imidazole rings is 1. The van der Waals surface area contributed by atoms with Crippen LogP contribution in [-0.4, -0.2) is 26.1 Å². The monoisotopic (exact) mass is 467 g/mol. The largest absolute Gasteiger partial charge is 0.364 e. The van der Waals surface area contributed by atoms with Gasteiger partial charge in [-0.25, -0.2) is 4.98 Å². The van der Waals surface area contributed by atoms with Crippen LogP contribution in [0.4, 0.5) is 10.2 Å². The van der Waals surface area contributed by atoms with Crippen molar-refractivity contribution < 1.29 is 9.13 Å². The molecule has 0 bridgehead atoms. The van der Waals surface area contributed by atoms with Crippen LogP contribution < -0.4 is 5.32 Å². The molecule has 4 rings (SSSR count). The number of hydrogen-bond donors (Lipinski definition) is 1. The predicted molar refractivity (Wildman–Crippen MR) is 105 cm³/mol. The second-order valence-electron chi connectivity index (χ2n) is 6.32. The van der Waals surface area contributed by atoms with Gasteiger partial charge in [-0.3, -0.25) is 4.57 Å². The molecule has 0 spiro atoms. The standard InChI is InChI=1S/C18H19FIN5O/c19-18-23-16(21-10-12-5-4-6-13(20)9-12)15-17(24-18)25(11-22-15)14-7-2-1-3-8-26-14/h4-6,9,11,14H,1-3,7-8,10H2,(H,21,23,24). The molecule has 3 heterocycles. The van der Waals surface area contributed by atoms with Gasteiger partial charge in [0.2, 0.25) is 0 Å². The van der Waals surface area contributed by atoms with Crippen LogP contribution in [0.25, 0.3) is 11.2 Å².